The van der Waals surface area contributed by atoms with E-state index in [9.17, 15) is 5.11 Å². The molecule has 0 saturated carbocycles. The number of ether oxygens (including phenoxy) is 1. The third-order valence-electron chi connectivity index (χ3n) is 2.97. The second-order valence-electron chi connectivity index (χ2n) is 4.09. The molecule has 1 aromatic carbocycles. The van der Waals surface area contributed by atoms with Crippen LogP contribution in [-0.2, 0) is 0 Å². The minimum absolute atomic E-state index is 0.155. The summed E-state index contributed by atoms with van der Waals surface area (Å²) < 4.78 is 5.13. The van der Waals surface area contributed by atoms with E-state index in [1.807, 2.05) is 29.6 Å². The number of nitrogens with zero attached hydrogens (tertiary/aromatic N) is 1. The molecule has 18 heavy (non-hydrogen) atoms. The van der Waals surface area contributed by atoms with Crippen LogP contribution < -0.4 is 4.74 Å². The Labute approximate surface area is 111 Å². The molecule has 0 bridgehead atoms. The zero-order valence-electron chi connectivity index (χ0n) is 10.6. The smallest absolute Gasteiger partial charge is 0.118 e. The molecule has 3 nitrogen and oxygen atoms in total. The molecule has 1 aromatic heterocycles. The minimum atomic E-state index is 0.155. The van der Waals surface area contributed by atoms with Crippen LogP contribution in [0.25, 0.3) is 11.3 Å². The van der Waals surface area contributed by atoms with Gasteiger partial charge in [0.15, 0.2) is 0 Å². The fourth-order valence-corrected chi connectivity index (χ4v) is 2.76. The number of benzene rings is 1. The van der Waals surface area contributed by atoms with Gasteiger partial charge in [0, 0.05) is 16.9 Å². The maximum Gasteiger partial charge on any atom is 0.118 e. The summed E-state index contributed by atoms with van der Waals surface area (Å²) in [7, 11) is 1.66. The van der Waals surface area contributed by atoms with Crippen molar-refractivity contribution in [3.8, 4) is 17.0 Å². The Hall–Kier alpha value is -1.39. The fourth-order valence-electron chi connectivity index (χ4n) is 1.75. The van der Waals surface area contributed by atoms with Gasteiger partial charge in [0.25, 0.3) is 0 Å². The molecular formula is C14H17NO2S. The van der Waals surface area contributed by atoms with Gasteiger partial charge in [-0.05, 0) is 30.7 Å². The van der Waals surface area contributed by atoms with Crippen LogP contribution in [0.1, 0.15) is 24.3 Å². The predicted octanol–water partition coefficient (Wildman–Crippen LogP) is 3.30. The monoisotopic (exact) mass is 263 g/mol. The molecule has 0 fully saturated rings. The SMILES string of the molecule is CCC(CO)c1nc(-c2ccc(OC)cc2)cs1. The molecule has 4 heteroatoms. The van der Waals surface area contributed by atoms with Crippen molar-refractivity contribution in [2.24, 2.45) is 0 Å². The lowest BCUT2D eigenvalue weighted by atomic mass is 10.1. The van der Waals surface area contributed by atoms with Crippen LogP contribution in [0.5, 0.6) is 5.75 Å². The average molecular weight is 263 g/mol. The van der Waals surface area contributed by atoms with Crippen molar-refractivity contribution in [3.63, 3.8) is 0 Å². The Morgan fingerprint density at radius 2 is 2.06 bits per heavy atom. The summed E-state index contributed by atoms with van der Waals surface area (Å²) in [6, 6.07) is 7.85. The molecule has 0 aliphatic carbocycles. The zero-order chi connectivity index (χ0) is 13.0. The van der Waals surface area contributed by atoms with Crippen molar-refractivity contribution in [3.05, 3.63) is 34.7 Å². The Morgan fingerprint density at radius 1 is 1.33 bits per heavy atom. The van der Waals surface area contributed by atoms with Crippen LogP contribution in [0.15, 0.2) is 29.6 Å². The van der Waals surface area contributed by atoms with Crippen molar-refractivity contribution in [2.75, 3.05) is 13.7 Å². The van der Waals surface area contributed by atoms with E-state index in [0.29, 0.717) is 0 Å². The van der Waals surface area contributed by atoms with Gasteiger partial charge in [-0.2, -0.15) is 0 Å². The van der Waals surface area contributed by atoms with Gasteiger partial charge >= 0.3 is 0 Å². The lowest BCUT2D eigenvalue weighted by Crippen LogP contribution is -2.01. The van der Waals surface area contributed by atoms with Crippen LogP contribution in [-0.4, -0.2) is 23.8 Å². The molecule has 2 rings (SSSR count). The standard InChI is InChI=1S/C14H17NO2S/c1-3-10(8-16)14-15-13(9-18-14)11-4-6-12(17-2)7-5-11/h4-7,9-10,16H,3,8H2,1-2H3. The first-order chi connectivity index (χ1) is 8.78. The second kappa shape index (κ2) is 5.98. The molecule has 0 aliphatic rings. The summed E-state index contributed by atoms with van der Waals surface area (Å²) >= 11 is 1.61. The topological polar surface area (TPSA) is 42.4 Å². The van der Waals surface area contributed by atoms with E-state index in [1.54, 1.807) is 18.4 Å². The number of methoxy groups -OCH3 is 1. The highest BCUT2D eigenvalue weighted by molar-refractivity contribution is 7.10. The molecule has 0 aliphatic heterocycles. The van der Waals surface area contributed by atoms with Crippen LogP contribution in [0, 0.1) is 0 Å². The summed E-state index contributed by atoms with van der Waals surface area (Å²) in [6.07, 6.45) is 0.909. The van der Waals surface area contributed by atoms with E-state index in [-0.39, 0.29) is 12.5 Å². The predicted molar refractivity (Wildman–Crippen MR) is 74.2 cm³/mol. The molecule has 1 atom stereocenters. The number of aliphatic hydroxyl groups excluding tert-OH is 1. The van der Waals surface area contributed by atoms with Crippen molar-refractivity contribution >= 4 is 11.3 Å². The number of thiazole rings is 1. The first-order valence-electron chi connectivity index (χ1n) is 5.99. The van der Waals surface area contributed by atoms with Crippen LogP contribution >= 0.6 is 11.3 Å². The largest absolute Gasteiger partial charge is 0.497 e. The van der Waals surface area contributed by atoms with E-state index in [4.69, 9.17) is 4.74 Å². The van der Waals surface area contributed by atoms with Crippen molar-refractivity contribution < 1.29 is 9.84 Å². The third kappa shape index (κ3) is 2.71. The summed E-state index contributed by atoms with van der Waals surface area (Å²) in [5, 5.41) is 12.3. The summed E-state index contributed by atoms with van der Waals surface area (Å²) in [5.74, 6) is 0.998. The maximum absolute atomic E-state index is 9.28. The molecule has 96 valence electrons. The number of rotatable bonds is 5. The Morgan fingerprint density at radius 3 is 2.61 bits per heavy atom. The molecule has 0 radical (unpaired) electrons. The first kappa shape index (κ1) is 13.1. The maximum atomic E-state index is 9.28. The van der Waals surface area contributed by atoms with Gasteiger partial charge in [-0.15, -0.1) is 11.3 Å². The molecule has 1 N–H and O–H groups in total. The van der Waals surface area contributed by atoms with E-state index in [0.717, 1.165) is 28.4 Å². The van der Waals surface area contributed by atoms with E-state index in [1.165, 1.54) is 0 Å². The van der Waals surface area contributed by atoms with Crippen molar-refractivity contribution in [2.45, 2.75) is 19.3 Å². The van der Waals surface area contributed by atoms with Crippen LogP contribution in [0.2, 0.25) is 0 Å². The number of hydrogen-bond acceptors (Lipinski definition) is 4. The van der Waals surface area contributed by atoms with Gasteiger partial charge < -0.3 is 9.84 Å². The van der Waals surface area contributed by atoms with Crippen LogP contribution in [0.4, 0.5) is 0 Å². The summed E-state index contributed by atoms with van der Waals surface area (Å²) in [6.45, 7) is 2.22. The number of aromatic nitrogens is 1. The Balaban J connectivity index is 2.23. The summed E-state index contributed by atoms with van der Waals surface area (Å²) in [5.41, 5.74) is 2.04. The summed E-state index contributed by atoms with van der Waals surface area (Å²) in [4.78, 5) is 4.60. The van der Waals surface area contributed by atoms with Crippen molar-refractivity contribution in [1.82, 2.24) is 4.98 Å². The number of aliphatic hydroxyl groups is 1. The molecule has 1 heterocycles. The van der Waals surface area contributed by atoms with Gasteiger partial charge in [-0.25, -0.2) is 4.98 Å². The van der Waals surface area contributed by atoms with Crippen molar-refractivity contribution in [1.29, 1.82) is 0 Å². The zero-order valence-corrected chi connectivity index (χ0v) is 11.4. The van der Waals surface area contributed by atoms with Gasteiger partial charge in [0.1, 0.15) is 5.75 Å². The Kier molecular flexibility index (Phi) is 4.33. The molecule has 0 spiro atoms. The van der Waals surface area contributed by atoms with Gasteiger partial charge in [0.2, 0.25) is 0 Å². The van der Waals surface area contributed by atoms with E-state index in [2.05, 4.69) is 11.9 Å². The van der Waals surface area contributed by atoms with E-state index >= 15 is 0 Å². The highest BCUT2D eigenvalue weighted by Gasteiger charge is 2.13. The van der Waals surface area contributed by atoms with Gasteiger partial charge in [-0.3, -0.25) is 0 Å². The highest BCUT2D eigenvalue weighted by atomic mass is 32.1. The normalized spacial score (nSPS) is 12.4. The Bertz CT molecular complexity index is 489. The third-order valence-corrected chi connectivity index (χ3v) is 3.98. The van der Waals surface area contributed by atoms with E-state index < -0.39 is 0 Å². The molecule has 2 aromatic rings. The lowest BCUT2D eigenvalue weighted by Gasteiger charge is -2.06. The molecule has 1 unspecified atom stereocenters. The quantitative estimate of drug-likeness (QED) is 0.900. The first-order valence-corrected chi connectivity index (χ1v) is 6.87. The molecule has 0 amide bonds. The molecular weight excluding hydrogens is 246 g/mol. The fraction of sp³-hybridized carbons (Fsp3) is 0.357. The second-order valence-corrected chi connectivity index (χ2v) is 4.98. The van der Waals surface area contributed by atoms with Gasteiger partial charge in [-0.1, -0.05) is 6.92 Å². The van der Waals surface area contributed by atoms with Gasteiger partial charge in [0.05, 0.1) is 24.4 Å². The number of hydrogen-bond donors (Lipinski definition) is 1. The minimum Gasteiger partial charge on any atom is -0.497 e. The highest BCUT2D eigenvalue weighted by Crippen LogP contribution is 2.28. The average Bonchev–Trinajstić information content (AvgIpc) is 2.90. The molecule has 0 saturated heterocycles. The van der Waals surface area contributed by atoms with Crippen LogP contribution in [0.3, 0.4) is 0 Å². The lowest BCUT2D eigenvalue weighted by molar-refractivity contribution is 0.262.